The number of hydrogen-bond acceptors (Lipinski definition) is 5. The van der Waals surface area contributed by atoms with Crippen molar-refractivity contribution >= 4 is 34.8 Å². The number of rotatable bonds is 3. The van der Waals surface area contributed by atoms with Crippen LogP contribution >= 0.6 is 11.6 Å². The number of anilines is 1. The van der Waals surface area contributed by atoms with Crippen molar-refractivity contribution in [2.75, 3.05) is 12.0 Å². The maximum absolute atomic E-state index is 13.4. The molecule has 2 saturated carbocycles. The fourth-order valence-electron chi connectivity index (χ4n) is 5.97. The SMILES string of the molecule is COc1ccc(N2C(=O)C3C4CC(C5C(c6ccc(Cl)cc6)=NOC45)C3C2=O)cc1. The van der Waals surface area contributed by atoms with Gasteiger partial charge in [0.1, 0.15) is 11.9 Å². The summed E-state index contributed by atoms with van der Waals surface area (Å²) in [6.07, 6.45) is 0.681. The van der Waals surface area contributed by atoms with Crippen LogP contribution in [0.25, 0.3) is 0 Å². The van der Waals surface area contributed by atoms with Crippen LogP contribution in [0.2, 0.25) is 5.02 Å². The summed E-state index contributed by atoms with van der Waals surface area (Å²) in [5.41, 5.74) is 2.42. The van der Waals surface area contributed by atoms with Crippen LogP contribution in [0.4, 0.5) is 5.69 Å². The van der Waals surface area contributed by atoms with Crippen molar-refractivity contribution in [2.45, 2.75) is 12.5 Å². The molecule has 7 heteroatoms. The summed E-state index contributed by atoms with van der Waals surface area (Å²) in [7, 11) is 1.59. The molecular weight excluding hydrogens is 404 g/mol. The molecule has 2 aromatic rings. The molecule has 0 aromatic heterocycles. The van der Waals surface area contributed by atoms with Crippen LogP contribution in [-0.2, 0) is 14.4 Å². The molecule has 1 saturated heterocycles. The first-order chi connectivity index (χ1) is 14.6. The van der Waals surface area contributed by atoms with E-state index >= 15 is 0 Å². The number of fused-ring (bicyclic) bond motifs is 8. The second-order valence-corrected chi connectivity index (χ2v) is 8.84. The number of ether oxygens (including phenoxy) is 1. The highest BCUT2D eigenvalue weighted by Crippen LogP contribution is 2.62. The molecule has 152 valence electrons. The maximum Gasteiger partial charge on any atom is 0.238 e. The van der Waals surface area contributed by atoms with E-state index in [2.05, 4.69) is 5.16 Å². The van der Waals surface area contributed by atoms with E-state index in [1.807, 2.05) is 24.3 Å². The summed E-state index contributed by atoms with van der Waals surface area (Å²) in [4.78, 5) is 33.9. The molecule has 2 bridgehead atoms. The van der Waals surface area contributed by atoms with Crippen LogP contribution in [0.15, 0.2) is 53.7 Å². The molecule has 0 spiro atoms. The third-order valence-corrected chi connectivity index (χ3v) is 7.41. The van der Waals surface area contributed by atoms with Gasteiger partial charge >= 0.3 is 0 Å². The molecule has 2 aliphatic heterocycles. The van der Waals surface area contributed by atoms with E-state index in [-0.39, 0.29) is 47.5 Å². The fraction of sp³-hybridized carbons (Fsp3) is 0.348. The van der Waals surface area contributed by atoms with E-state index in [9.17, 15) is 9.59 Å². The Labute approximate surface area is 178 Å². The van der Waals surface area contributed by atoms with Crippen molar-refractivity contribution in [1.29, 1.82) is 0 Å². The highest BCUT2D eigenvalue weighted by molar-refractivity contribution is 6.30. The van der Waals surface area contributed by atoms with Gasteiger partial charge in [0.2, 0.25) is 11.8 Å². The van der Waals surface area contributed by atoms with Crippen molar-refractivity contribution in [3.63, 3.8) is 0 Å². The number of oxime groups is 1. The molecule has 2 aliphatic carbocycles. The van der Waals surface area contributed by atoms with E-state index in [1.165, 1.54) is 4.90 Å². The smallest absolute Gasteiger partial charge is 0.238 e. The Kier molecular flexibility index (Phi) is 3.78. The van der Waals surface area contributed by atoms with Crippen LogP contribution in [0.3, 0.4) is 0 Å². The van der Waals surface area contributed by atoms with Crippen molar-refractivity contribution < 1.29 is 19.2 Å². The van der Waals surface area contributed by atoms with Crippen molar-refractivity contribution in [2.24, 2.45) is 34.7 Å². The average molecular weight is 423 g/mol. The van der Waals surface area contributed by atoms with Crippen LogP contribution in [0.5, 0.6) is 5.75 Å². The number of nitrogens with zero attached hydrogens (tertiary/aromatic N) is 2. The summed E-state index contributed by atoms with van der Waals surface area (Å²) in [6.45, 7) is 0. The van der Waals surface area contributed by atoms with E-state index in [4.69, 9.17) is 21.2 Å². The Bertz CT molecular complexity index is 1080. The molecule has 30 heavy (non-hydrogen) atoms. The Hall–Kier alpha value is -2.86. The van der Waals surface area contributed by atoms with Crippen molar-refractivity contribution in [3.8, 4) is 5.75 Å². The van der Waals surface area contributed by atoms with Gasteiger partial charge in [0.25, 0.3) is 0 Å². The lowest BCUT2D eigenvalue weighted by molar-refractivity contribution is -0.125. The van der Waals surface area contributed by atoms with Crippen molar-refractivity contribution in [3.05, 3.63) is 59.1 Å². The molecule has 6 rings (SSSR count). The number of halogens is 1. The molecule has 2 amide bonds. The standard InChI is InChI=1S/C23H19ClN2O4/c1-29-14-8-6-13(7-9-14)26-22(27)17-15-10-16(18(17)23(26)28)21-19(15)20(25-30-21)11-2-4-12(24)5-3-11/h2-9,15-19,21H,10H2,1H3. The minimum absolute atomic E-state index is 0.0123. The minimum atomic E-state index is -0.328. The minimum Gasteiger partial charge on any atom is -0.497 e. The number of carbonyl (C=O) groups is 2. The molecule has 6 unspecified atom stereocenters. The lowest BCUT2D eigenvalue weighted by atomic mass is 9.71. The Balaban J connectivity index is 1.33. The van der Waals surface area contributed by atoms with Gasteiger partial charge in [-0.1, -0.05) is 28.9 Å². The third-order valence-electron chi connectivity index (χ3n) is 7.16. The molecule has 2 heterocycles. The molecule has 0 radical (unpaired) electrons. The van der Waals surface area contributed by atoms with Gasteiger partial charge in [0.15, 0.2) is 0 Å². The fourth-order valence-corrected chi connectivity index (χ4v) is 6.10. The van der Waals surface area contributed by atoms with Gasteiger partial charge in [-0.15, -0.1) is 0 Å². The average Bonchev–Trinajstić information content (AvgIpc) is 3.49. The number of amides is 2. The number of hydrogen-bond donors (Lipinski definition) is 0. The summed E-state index contributed by atoms with van der Waals surface area (Å²) in [6, 6.07) is 14.6. The largest absolute Gasteiger partial charge is 0.497 e. The van der Waals surface area contributed by atoms with Gasteiger partial charge in [-0.05, 0) is 54.3 Å². The molecular formula is C23H19ClN2O4. The first kappa shape index (κ1) is 18.0. The number of methoxy groups -OCH3 is 1. The zero-order valence-electron chi connectivity index (χ0n) is 16.2. The molecule has 6 atom stereocenters. The normalized spacial score (nSPS) is 33.4. The zero-order chi connectivity index (χ0) is 20.6. The quantitative estimate of drug-likeness (QED) is 0.710. The Morgan fingerprint density at radius 3 is 2.30 bits per heavy atom. The topological polar surface area (TPSA) is 68.2 Å². The van der Waals surface area contributed by atoms with Gasteiger partial charge < -0.3 is 9.57 Å². The van der Waals surface area contributed by atoms with Gasteiger partial charge in [-0.2, -0.15) is 0 Å². The van der Waals surface area contributed by atoms with Crippen LogP contribution in [-0.4, -0.2) is 30.7 Å². The maximum atomic E-state index is 13.4. The second kappa shape index (κ2) is 6.32. The van der Waals surface area contributed by atoms with Crippen molar-refractivity contribution in [1.82, 2.24) is 0 Å². The molecule has 2 aromatic carbocycles. The predicted molar refractivity (Wildman–Crippen MR) is 110 cm³/mol. The monoisotopic (exact) mass is 422 g/mol. The molecule has 3 fully saturated rings. The Morgan fingerprint density at radius 1 is 0.967 bits per heavy atom. The van der Waals surface area contributed by atoms with Gasteiger partial charge in [-0.3, -0.25) is 14.5 Å². The van der Waals surface area contributed by atoms with Gasteiger partial charge in [0.05, 0.1) is 30.3 Å². The molecule has 4 aliphatic rings. The van der Waals surface area contributed by atoms with Gasteiger partial charge in [0, 0.05) is 16.9 Å². The first-order valence-corrected chi connectivity index (χ1v) is 10.5. The highest BCUT2D eigenvalue weighted by atomic mass is 35.5. The van der Waals surface area contributed by atoms with E-state index in [0.29, 0.717) is 16.5 Å². The predicted octanol–water partition coefficient (Wildman–Crippen LogP) is 3.52. The number of benzene rings is 2. The molecule has 0 N–H and O–H groups in total. The summed E-state index contributed by atoms with van der Waals surface area (Å²) in [5.74, 6) is -0.0847. The van der Waals surface area contributed by atoms with Crippen LogP contribution in [0.1, 0.15) is 12.0 Å². The third kappa shape index (κ3) is 2.28. The van der Waals surface area contributed by atoms with E-state index in [1.54, 1.807) is 31.4 Å². The summed E-state index contributed by atoms with van der Waals surface area (Å²) >= 11 is 6.03. The molecule has 6 nitrogen and oxygen atoms in total. The number of carbonyl (C=O) groups excluding carboxylic acids is 2. The first-order valence-electron chi connectivity index (χ1n) is 10.1. The van der Waals surface area contributed by atoms with E-state index in [0.717, 1.165) is 17.7 Å². The van der Waals surface area contributed by atoms with Crippen LogP contribution in [0, 0.1) is 29.6 Å². The highest BCUT2D eigenvalue weighted by Gasteiger charge is 2.70. The lowest BCUT2D eigenvalue weighted by Gasteiger charge is -2.29. The summed E-state index contributed by atoms with van der Waals surface area (Å²) < 4.78 is 5.19. The zero-order valence-corrected chi connectivity index (χ0v) is 17.0. The Morgan fingerprint density at radius 2 is 1.63 bits per heavy atom. The second-order valence-electron chi connectivity index (χ2n) is 8.40. The van der Waals surface area contributed by atoms with E-state index < -0.39 is 0 Å². The summed E-state index contributed by atoms with van der Waals surface area (Å²) in [5, 5.41) is 5.02. The lowest BCUT2D eigenvalue weighted by Crippen LogP contribution is -2.41. The van der Waals surface area contributed by atoms with Gasteiger partial charge in [-0.25, -0.2) is 0 Å². The number of imide groups is 1. The van der Waals surface area contributed by atoms with Crippen LogP contribution < -0.4 is 9.64 Å².